The smallest absolute Gasteiger partial charge is 0.329 e. The minimum absolute atomic E-state index is 0.174. The quantitative estimate of drug-likeness (QED) is 0.840. The molecule has 1 heterocycles. The van der Waals surface area contributed by atoms with Crippen molar-refractivity contribution >= 4 is 34.2 Å². The fourth-order valence-corrected chi connectivity index (χ4v) is 2.55. The van der Waals surface area contributed by atoms with Crippen LogP contribution in [0.15, 0.2) is 42.5 Å². The van der Waals surface area contributed by atoms with Crippen LogP contribution >= 0.6 is 0 Å². The highest BCUT2D eigenvalue weighted by molar-refractivity contribution is 6.03. The zero-order valence-electron chi connectivity index (χ0n) is 12.4. The van der Waals surface area contributed by atoms with Gasteiger partial charge in [0.2, 0.25) is 5.91 Å². The molecule has 6 heteroatoms. The van der Waals surface area contributed by atoms with Gasteiger partial charge in [0.05, 0.1) is 0 Å². The third-order valence-electron chi connectivity index (χ3n) is 3.69. The summed E-state index contributed by atoms with van der Waals surface area (Å²) in [5, 5.41) is 7.17. The number of hydrogen-bond acceptors (Lipinski definition) is 4. The summed E-state index contributed by atoms with van der Waals surface area (Å²) in [5.74, 6) is -1.17. The Hall–Kier alpha value is -2.89. The van der Waals surface area contributed by atoms with Crippen molar-refractivity contribution in [2.75, 3.05) is 11.9 Å². The molecule has 118 valence electrons. The summed E-state index contributed by atoms with van der Waals surface area (Å²) in [6.45, 7) is -0.381. The molecular weight excluding hydrogens is 296 g/mol. The molecule has 0 bridgehead atoms. The Morgan fingerprint density at radius 3 is 2.74 bits per heavy atom. The minimum atomic E-state index is -0.646. The number of fused-ring (bicyclic) bond motifs is 1. The molecule has 3 rings (SSSR count). The number of rotatable bonds is 4. The molecule has 1 aliphatic rings. The van der Waals surface area contributed by atoms with Crippen LogP contribution in [0.25, 0.3) is 10.8 Å². The van der Waals surface area contributed by atoms with Gasteiger partial charge in [0.15, 0.2) is 6.61 Å². The molecule has 0 radical (unpaired) electrons. The number of amides is 2. The molecule has 0 aromatic heterocycles. The lowest BCUT2D eigenvalue weighted by atomic mass is 10.1. The van der Waals surface area contributed by atoms with Crippen LogP contribution in [0.2, 0.25) is 0 Å². The maximum atomic E-state index is 12.0. The van der Waals surface area contributed by atoms with Crippen LogP contribution in [0.3, 0.4) is 0 Å². The van der Waals surface area contributed by atoms with E-state index in [1.165, 1.54) is 0 Å². The van der Waals surface area contributed by atoms with E-state index >= 15 is 0 Å². The molecule has 2 N–H and O–H groups in total. The highest BCUT2D eigenvalue weighted by Crippen LogP contribution is 2.22. The monoisotopic (exact) mass is 312 g/mol. The fourth-order valence-electron chi connectivity index (χ4n) is 2.55. The molecule has 1 atom stereocenters. The van der Waals surface area contributed by atoms with Crippen molar-refractivity contribution in [3.05, 3.63) is 42.5 Å². The number of benzene rings is 2. The molecule has 1 fully saturated rings. The van der Waals surface area contributed by atoms with Crippen LogP contribution in [0, 0.1) is 0 Å². The van der Waals surface area contributed by atoms with Gasteiger partial charge in [-0.25, -0.2) is 4.79 Å². The van der Waals surface area contributed by atoms with Gasteiger partial charge in [-0.2, -0.15) is 0 Å². The maximum Gasteiger partial charge on any atom is 0.329 e. The third-order valence-corrected chi connectivity index (χ3v) is 3.69. The first-order chi connectivity index (χ1) is 11.1. The van der Waals surface area contributed by atoms with Crippen LogP contribution < -0.4 is 10.6 Å². The zero-order chi connectivity index (χ0) is 16.2. The lowest BCUT2D eigenvalue weighted by Crippen LogP contribution is -2.36. The van der Waals surface area contributed by atoms with Crippen LogP contribution in [0.5, 0.6) is 0 Å². The Morgan fingerprint density at radius 1 is 1.17 bits per heavy atom. The first-order valence-corrected chi connectivity index (χ1v) is 7.37. The van der Waals surface area contributed by atoms with Gasteiger partial charge in [0.25, 0.3) is 5.91 Å². The van der Waals surface area contributed by atoms with Crippen molar-refractivity contribution in [2.45, 2.75) is 18.9 Å². The predicted octanol–water partition coefficient (Wildman–Crippen LogP) is 1.60. The van der Waals surface area contributed by atoms with Crippen molar-refractivity contribution in [3.8, 4) is 0 Å². The summed E-state index contributed by atoms with van der Waals surface area (Å²) in [6, 6.07) is 12.6. The molecule has 2 aromatic rings. The van der Waals surface area contributed by atoms with E-state index in [-0.39, 0.29) is 12.5 Å². The van der Waals surface area contributed by atoms with E-state index in [4.69, 9.17) is 4.74 Å². The molecule has 0 unspecified atom stereocenters. The summed E-state index contributed by atoms with van der Waals surface area (Å²) >= 11 is 0. The normalized spacial score (nSPS) is 16.9. The Kier molecular flexibility index (Phi) is 4.23. The number of carbonyl (C=O) groups excluding carboxylic acids is 3. The first kappa shape index (κ1) is 15.0. The highest BCUT2D eigenvalue weighted by Gasteiger charge is 2.28. The Bertz CT molecular complexity index is 767. The number of nitrogens with one attached hydrogen (secondary N) is 2. The number of hydrogen-bond donors (Lipinski definition) is 2. The third kappa shape index (κ3) is 3.48. The molecular formula is C17H16N2O4. The average molecular weight is 312 g/mol. The van der Waals surface area contributed by atoms with Crippen LogP contribution in [0.1, 0.15) is 12.8 Å². The number of esters is 1. The van der Waals surface area contributed by atoms with Crippen LogP contribution in [-0.2, 0) is 19.1 Å². The summed E-state index contributed by atoms with van der Waals surface area (Å²) in [6.07, 6.45) is 0.713. The molecule has 6 nitrogen and oxygen atoms in total. The summed E-state index contributed by atoms with van der Waals surface area (Å²) < 4.78 is 4.95. The standard InChI is InChI=1S/C17H16N2O4/c20-15-9-8-14(19-15)17(22)23-10-16(21)18-13-7-3-5-11-4-1-2-6-12(11)13/h1-7,14H,8-10H2,(H,18,21)(H,19,20)/t14-/m0/s1. The largest absolute Gasteiger partial charge is 0.454 e. The second-order valence-electron chi connectivity index (χ2n) is 5.34. The van der Waals surface area contributed by atoms with Crippen molar-refractivity contribution < 1.29 is 19.1 Å². The summed E-state index contributed by atoms with van der Waals surface area (Å²) in [4.78, 5) is 34.8. The SMILES string of the molecule is O=C(COC(=O)[C@@H]1CCC(=O)N1)Nc1cccc2ccccc12. The van der Waals surface area contributed by atoms with E-state index < -0.39 is 17.9 Å². The molecule has 1 saturated heterocycles. The molecule has 0 spiro atoms. The Balaban J connectivity index is 1.59. The van der Waals surface area contributed by atoms with Gasteiger partial charge in [-0.1, -0.05) is 36.4 Å². The van der Waals surface area contributed by atoms with E-state index in [1.807, 2.05) is 36.4 Å². The zero-order valence-corrected chi connectivity index (χ0v) is 12.4. The van der Waals surface area contributed by atoms with E-state index in [2.05, 4.69) is 10.6 Å². The number of anilines is 1. The molecule has 2 amide bonds. The van der Waals surface area contributed by atoms with E-state index in [0.29, 0.717) is 18.5 Å². The average Bonchev–Trinajstić information content (AvgIpc) is 2.99. The van der Waals surface area contributed by atoms with Gasteiger partial charge in [-0.3, -0.25) is 9.59 Å². The second kappa shape index (κ2) is 6.48. The Labute approximate surface area is 132 Å². The Morgan fingerprint density at radius 2 is 1.96 bits per heavy atom. The van der Waals surface area contributed by atoms with Crippen molar-refractivity contribution in [1.29, 1.82) is 0 Å². The van der Waals surface area contributed by atoms with Gasteiger partial charge in [-0.15, -0.1) is 0 Å². The second-order valence-corrected chi connectivity index (χ2v) is 5.34. The van der Waals surface area contributed by atoms with Gasteiger partial charge >= 0.3 is 5.97 Å². The molecule has 23 heavy (non-hydrogen) atoms. The minimum Gasteiger partial charge on any atom is -0.454 e. The van der Waals surface area contributed by atoms with Crippen molar-refractivity contribution in [2.24, 2.45) is 0 Å². The lowest BCUT2D eigenvalue weighted by Gasteiger charge is -2.11. The topological polar surface area (TPSA) is 84.5 Å². The fraction of sp³-hybridized carbons (Fsp3) is 0.235. The molecule has 1 aliphatic heterocycles. The molecule has 0 saturated carbocycles. The van der Waals surface area contributed by atoms with E-state index in [9.17, 15) is 14.4 Å². The van der Waals surface area contributed by atoms with Crippen LogP contribution in [0.4, 0.5) is 5.69 Å². The van der Waals surface area contributed by atoms with E-state index in [0.717, 1.165) is 10.8 Å². The van der Waals surface area contributed by atoms with Crippen LogP contribution in [-0.4, -0.2) is 30.4 Å². The lowest BCUT2D eigenvalue weighted by molar-refractivity contribution is -0.149. The van der Waals surface area contributed by atoms with Crippen molar-refractivity contribution in [1.82, 2.24) is 5.32 Å². The van der Waals surface area contributed by atoms with Crippen molar-refractivity contribution in [3.63, 3.8) is 0 Å². The maximum absolute atomic E-state index is 12.0. The summed E-state index contributed by atoms with van der Waals surface area (Å²) in [7, 11) is 0. The van der Waals surface area contributed by atoms with E-state index in [1.54, 1.807) is 6.07 Å². The number of ether oxygens (including phenoxy) is 1. The highest BCUT2D eigenvalue weighted by atomic mass is 16.5. The molecule has 0 aliphatic carbocycles. The number of carbonyl (C=O) groups is 3. The van der Waals surface area contributed by atoms with Gasteiger partial charge in [-0.05, 0) is 17.9 Å². The summed E-state index contributed by atoms with van der Waals surface area (Å²) in [5.41, 5.74) is 0.665. The van der Waals surface area contributed by atoms with Gasteiger partial charge in [0, 0.05) is 17.5 Å². The first-order valence-electron chi connectivity index (χ1n) is 7.37. The van der Waals surface area contributed by atoms with Gasteiger partial charge in [0.1, 0.15) is 6.04 Å². The van der Waals surface area contributed by atoms with Gasteiger partial charge < -0.3 is 15.4 Å². The molecule has 2 aromatic carbocycles. The predicted molar refractivity (Wildman–Crippen MR) is 84.7 cm³/mol.